The molecule has 7 heteroatoms. The van der Waals surface area contributed by atoms with Crippen molar-refractivity contribution in [1.29, 1.82) is 0 Å². The number of nitrogens with one attached hydrogen (secondary N) is 1. The first-order chi connectivity index (χ1) is 8.35. The van der Waals surface area contributed by atoms with Gasteiger partial charge in [0.2, 0.25) is 0 Å². The molecule has 0 aromatic heterocycles. The van der Waals surface area contributed by atoms with Crippen molar-refractivity contribution in [1.82, 2.24) is 5.32 Å². The van der Waals surface area contributed by atoms with Gasteiger partial charge in [0, 0.05) is 18.8 Å². The number of hydrogen-bond donors (Lipinski definition) is 1. The lowest BCUT2D eigenvalue weighted by Gasteiger charge is -2.06. The van der Waals surface area contributed by atoms with Crippen molar-refractivity contribution in [3.8, 4) is 0 Å². The highest BCUT2D eigenvalue weighted by molar-refractivity contribution is 7.91. The molecular weight excluding hydrogens is 267 g/mol. The molecule has 0 unspecified atom stereocenters. The van der Waals surface area contributed by atoms with Gasteiger partial charge < -0.3 is 5.32 Å². The molecule has 3 nitrogen and oxygen atoms in total. The van der Waals surface area contributed by atoms with Gasteiger partial charge in [0.25, 0.3) is 0 Å². The van der Waals surface area contributed by atoms with Gasteiger partial charge in [-0.05, 0) is 17.7 Å². The van der Waals surface area contributed by atoms with Crippen LogP contribution in [0.2, 0.25) is 0 Å². The number of rotatable bonds is 6. The molecule has 0 bridgehead atoms. The first-order valence-electron chi connectivity index (χ1n) is 5.40. The summed E-state index contributed by atoms with van der Waals surface area (Å²) in [5.74, 6) is -4.02. The molecule has 0 saturated carbocycles. The van der Waals surface area contributed by atoms with E-state index in [9.17, 15) is 21.6 Å². The molecule has 0 saturated heterocycles. The average Bonchev–Trinajstić information content (AvgIpc) is 2.31. The van der Waals surface area contributed by atoms with Crippen LogP contribution in [0, 0.1) is 17.5 Å². The summed E-state index contributed by atoms with van der Waals surface area (Å²) in [5.41, 5.74) is 0.222. The number of benzene rings is 1. The molecule has 0 aliphatic carbocycles. The second-order valence-corrected chi connectivity index (χ2v) is 6.26. The Hall–Kier alpha value is -1.08. The van der Waals surface area contributed by atoms with Crippen LogP contribution in [-0.2, 0) is 16.4 Å². The smallest absolute Gasteiger partial charge is 0.194 e. The number of halogens is 3. The zero-order chi connectivity index (χ0) is 13.8. The fraction of sp³-hybridized carbons (Fsp3) is 0.455. The molecule has 0 amide bonds. The summed E-state index contributed by atoms with van der Waals surface area (Å²) in [6.07, 6.45) is 0. The van der Waals surface area contributed by atoms with Gasteiger partial charge in [0.05, 0.1) is 5.75 Å². The predicted molar refractivity (Wildman–Crippen MR) is 62.4 cm³/mol. The topological polar surface area (TPSA) is 46.2 Å². The number of hydrogen-bond acceptors (Lipinski definition) is 3. The Labute approximate surface area is 104 Å². The zero-order valence-electron chi connectivity index (χ0n) is 9.84. The largest absolute Gasteiger partial charge is 0.312 e. The maximum atomic E-state index is 12.9. The molecule has 0 radical (unpaired) electrons. The number of sulfone groups is 1. The monoisotopic (exact) mass is 281 g/mol. The lowest BCUT2D eigenvalue weighted by atomic mass is 10.2. The molecule has 0 aliphatic heterocycles. The van der Waals surface area contributed by atoms with E-state index in [0.29, 0.717) is 0 Å². The third-order valence-corrected chi connectivity index (χ3v) is 4.11. The Bertz CT molecular complexity index is 494. The highest BCUT2D eigenvalue weighted by Gasteiger charge is 2.10. The first kappa shape index (κ1) is 15.0. The van der Waals surface area contributed by atoms with Crippen LogP contribution in [0.25, 0.3) is 0 Å². The Morgan fingerprint density at radius 1 is 1.17 bits per heavy atom. The van der Waals surface area contributed by atoms with Gasteiger partial charge in [-0.25, -0.2) is 21.6 Å². The second kappa shape index (κ2) is 6.19. The SMILES string of the molecule is CCS(=O)(=O)CCNCc1cc(F)c(F)c(F)c1. The normalized spacial score (nSPS) is 11.8. The van der Waals surface area contributed by atoms with E-state index in [-0.39, 0.29) is 30.2 Å². The Balaban J connectivity index is 2.50. The minimum Gasteiger partial charge on any atom is -0.312 e. The molecule has 102 valence electrons. The molecule has 18 heavy (non-hydrogen) atoms. The Morgan fingerprint density at radius 3 is 2.22 bits per heavy atom. The maximum Gasteiger partial charge on any atom is 0.194 e. The molecule has 1 aromatic carbocycles. The summed E-state index contributed by atoms with van der Waals surface area (Å²) < 4.78 is 60.7. The first-order valence-corrected chi connectivity index (χ1v) is 7.22. The molecule has 0 spiro atoms. The summed E-state index contributed by atoms with van der Waals surface area (Å²) in [4.78, 5) is 0. The van der Waals surface area contributed by atoms with E-state index in [0.717, 1.165) is 12.1 Å². The van der Waals surface area contributed by atoms with Gasteiger partial charge >= 0.3 is 0 Å². The minimum absolute atomic E-state index is 0.0460. The highest BCUT2D eigenvalue weighted by atomic mass is 32.2. The van der Waals surface area contributed by atoms with Crippen LogP contribution in [-0.4, -0.2) is 26.5 Å². The summed E-state index contributed by atoms with van der Waals surface area (Å²) in [6.45, 7) is 1.80. The third kappa shape index (κ3) is 4.30. The van der Waals surface area contributed by atoms with Crippen molar-refractivity contribution in [2.75, 3.05) is 18.1 Å². The molecular formula is C11H14F3NO2S. The van der Waals surface area contributed by atoms with Crippen LogP contribution in [0.4, 0.5) is 13.2 Å². The molecule has 1 N–H and O–H groups in total. The van der Waals surface area contributed by atoms with Crippen LogP contribution >= 0.6 is 0 Å². The highest BCUT2D eigenvalue weighted by Crippen LogP contribution is 2.13. The van der Waals surface area contributed by atoms with Gasteiger partial charge in [-0.15, -0.1) is 0 Å². The van der Waals surface area contributed by atoms with Gasteiger partial charge in [0.15, 0.2) is 27.3 Å². The molecule has 0 heterocycles. The second-order valence-electron chi connectivity index (χ2n) is 3.79. The van der Waals surface area contributed by atoms with Gasteiger partial charge in [-0.3, -0.25) is 0 Å². The lowest BCUT2D eigenvalue weighted by molar-refractivity contribution is 0.444. The van der Waals surface area contributed by atoms with Crippen LogP contribution in [0.15, 0.2) is 12.1 Å². The fourth-order valence-electron chi connectivity index (χ4n) is 1.31. The van der Waals surface area contributed by atoms with Crippen molar-refractivity contribution < 1.29 is 21.6 Å². The predicted octanol–water partition coefficient (Wildman–Crippen LogP) is 1.63. The van der Waals surface area contributed by atoms with Crippen LogP contribution in [0.3, 0.4) is 0 Å². The summed E-state index contributed by atoms with van der Waals surface area (Å²) in [5, 5.41) is 2.73. The van der Waals surface area contributed by atoms with Gasteiger partial charge in [-0.1, -0.05) is 6.92 Å². The van der Waals surface area contributed by atoms with Gasteiger partial charge in [0.1, 0.15) is 0 Å². The van der Waals surface area contributed by atoms with Crippen LogP contribution in [0.1, 0.15) is 12.5 Å². The summed E-state index contributed by atoms with van der Waals surface area (Å²) in [7, 11) is -3.07. The summed E-state index contributed by atoms with van der Waals surface area (Å²) >= 11 is 0. The standard InChI is InChI=1S/C11H14F3NO2S/c1-2-18(16,17)4-3-15-7-8-5-9(12)11(14)10(13)6-8/h5-6,15H,2-4,7H2,1H3. The third-order valence-electron chi connectivity index (χ3n) is 2.40. The summed E-state index contributed by atoms with van der Waals surface area (Å²) in [6, 6.07) is 1.75. The molecule has 1 rings (SSSR count). The van der Waals surface area contributed by atoms with Crippen LogP contribution < -0.4 is 5.32 Å². The van der Waals surface area contributed by atoms with Gasteiger partial charge in [-0.2, -0.15) is 0 Å². The van der Waals surface area contributed by atoms with Crippen LogP contribution in [0.5, 0.6) is 0 Å². The molecule has 1 aromatic rings. The van der Waals surface area contributed by atoms with E-state index >= 15 is 0 Å². The Kier molecular flexibility index (Phi) is 5.15. The zero-order valence-corrected chi connectivity index (χ0v) is 10.7. The molecule has 0 atom stereocenters. The lowest BCUT2D eigenvalue weighted by Crippen LogP contribution is -2.23. The van der Waals surface area contributed by atoms with Crippen molar-refractivity contribution in [2.24, 2.45) is 0 Å². The van der Waals surface area contributed by atoms with E-state index in [2.05, 4.69) is 5.32 Å². The maximum absolute atomic E-state index is 12.9. The Morgan fingerprint density at radius 2 is 1.72 bits per heavy atom. The fourth-order valence-corrected chi connectivity index (χ4v) is 2.06. The van der Waals surface area contributed by atoms with E-state index in [1.807, 2.05) is 0 Å². The average molecular weight is 281 g/mol. The van der Waals surface area contributed by atoms with Crippen molar-refractivity contribution in [3.05, 3.63) is 35.1 Å². The molecule has 0 aliphatic rings. The quantitative estimate of drug-likeness (QED) is 0.637. The van der Waals surface area contributed by atoms with E-state index < -0.39 is 27.3 Å². The van der Waals surface area contributed by atoms with Crippen molar-refractivity contribution in [3.63, 3.8) is 0 Å². The van der Waals surface area contributed by atoms with E-state index in [1.165, 1.54) is 0 Å². The van der Waals surface area contributed by atoms with Crippen molar-refractivity contribution in [2.45, 2.75) is 13.5 Å². The van der Waals surface area contributed by atoms with E-state index in [1.54, 1.807) is 6.92 Å². The minimum atomic E-state index is -3.07. The van der Waals surface area contributed by atoms with Crippen molar-refractivity contribution >= 4 is 9.84 Å². The molecule has 0 fully saturated rings. The van der Waals surface area contributed by atoms with E-state index in [4.69, 9.17) is 0 Å².